The first-order valence-electron chi connectivity index (χ1n) is 13.6. The molecule has 1 aliphatic heterocycles. The Morgan fingerprint density at radius 2 is 1.88 bits per heavy atom. The number of methoxy groups -OCH3 is 2. The molecule has 0 unspecified atom stereocenters. The Balaban J connectivity index is 1.76. The highest BCUT2D eigenvalue weighted by molar-refractivity contribution is 5.95. The summed E-state index contributed by atoms with van der Waals surface area (Å²) in [7, 11) is 2.82. The van der Waals surface area contributed by atoms with Crippen molar-refractivity contribution < 1.29 is 32.6 Å². The van der Waals surface area contributed by atoms with E-state index in [1.807, 2.05) is 17.9 Å². The summed E-state index contributed by atoms with van der Waals surface area (Å²) in [6, 6.07) is 9.39. The third-order valence-corrected chi connectivity index (χ3v) is 7.37. The van der Waals surface area contributed by atoms with Crippen molar-refractivity contribution in [2.45, 2.75) is 51.5 Å². The highest BCUT2D eigenvalue weighted by Crippen LogP contribution is 2.39. The number of nitrogens with one attached hydrogen (secondary N) is 1. The van der Waals surface area contributed by atoms with Crippen LogP contribution in [0.4, 0.5) is 14.6 Å². The van der Waals surface area contributed by atoms with E-state index in [9.17, 15) is 18.4 Å². The van der Waals surface area contributed by atoms with Crippen molar-refractivity contribution in [1.82, 2.24) is 14.9 Å². The third-order valence-electron chi connectivity index (χ3n) is 7.37. The lowest BCUT2D eigenvalue weighted by Gasteiger charge is -2.32. The summed E-state index contributed by atoms with van der Waals surface area (Å²) in [6.07, 6.45) is 1.54. The minimum atomic E-state index is -3.15. The van der Waals surface area contributed by atoms with Gasteiger partial charge in [0.15, 0.2) is 0 Å². The van der Waals surface area contributed by atoms with Gasteiger partial charge in [0.25, 0.3) is 5.92 Å². The summed E-state index contributed by atoms with van der Waals surface area (Å²) in [5, 5.41) is 3.96. The number of hydrogen-bond acceptors (Lipinski definition) is 8. The quantitative estimate of drug-likeness (QED) is 0.321. The first-order chi connectivity index (χ1) is 19.6. The Bertz CT molecular complexity index is 1410. The van der Waals surface area contributed by atoms with Gasteiger partial charge in [-0.1, -0.05) is 18.2 Å². The monoisotopic (exact) mass is 570 g/mol. The van der Waals surface area contributed by atoms with Gasteiger partial charge in [-0.3, -0.25) is 4.79 Å². The number of piperidine rings is 1. The van der Waals surface area contributed by atoms with Crippen molar-refractivity contribution in [2.24, 2.45) is 0 Å². The zero-order valence-corrected chi connectivity index (χ0v) is 24.0. The summed E-state index contributed by atoms with van der Waals surface area (Å²) in [6.45, 7) is 5.81. The summed E-state index contributed by atoms with van der Waals surface area (Å²) in [5.41, 5.74) is 1.87. The van der Waals surface area contributed by atoms with Gasteiger partial charge in [-0.15, -0.1) is 0 Å². The van der Waals surface area contributed by atoms with Crippen molar-refractivity contribution >= 4 is 28.6 Å². The van der Waals surface area contributed by atoms with Crippen LogP contribution in [0, 0.1) is 0 Å². The summed E-state index contributed by atoms with van der Waals surface area (Å²) in [5.74, 6) is -2.76. The molecule has 3 aromatic rings. The molecule has 9 nitrogen and oxygen atoms in total. The third kappa shape index (κ3) is 6.73. The van der Waals surface area contributed by atoms with Gasteiger partial charge in [0.2, 0.25) is 11.7 Å². The number of carbonyl (C=O) groups excluding carboxylic acids is 2. The number of likely N-dealkylation sites (tertiary alicyclic amines) is 1. The Hall–Kier alpha value is -3.86. The van der Waals surface area contributed by atoms with E-state index >= 15 is 0 Å². The van der Waals surface area contributed by atoms with E-state index in [-0.39, 0.29) is 29.8 Å². The molecule has 1 saturated heterocycles. The first-order valence-corrected chi connectivity index (χ1v) is 13.6. The number of alkyl halides is 2. The lowest BCUT2D eigenvalue weighted by atomic mass is 9.88. The average molecular weight is 571 g/mol. The minimum Gasteiger partial charge on any atom is -0.496 e. The van der Waals surface area contributed by atoms with Crippen LogP contribution in [0.5, 0.6) is 5.75 Å². The second-order valence-corrected chi connectivity index (χ2v) is 10.1. The van der Waals surface area contributed by atoms with Crippen LogP contribution >= 0.6 is 0 Å². The standard InChI is InChI=1S/C30H36F2N4O5/c1-6-41-29(38)28-34-25-16-26(40-5)23(20-10-12-36(13-11-20)19(3)37)15-24(25)27(35-28)33-18(2)21-8-7-9-22(14-21)30(31,32)17-39-4/h7-9,14-16,18,20H,6,10-13,17H2,1-5H3,(H,33,34,35)/t18-/m1/s1. The Labute approximate surface area is 238 Å². The second kappa shape index (κ2) is 12.8. The smallest absolute Gasteiger partial charge is 0.376 e. The fourth-order valence-electron chi connectivity index (χ4n) is 5.16. The molecule has 4 rings (SSSR count). The molecule has 2 heterocycles. The van der Waals surface area contributed by atoms with Crippen molar-refractivity contribution in [3.8, 4) is 5.75 Å². The molecule has 41 heavy (non-hydrogen) atoms. The molecule has 0 saturated carbocycles. The van der Waals surface area contributed by atoms with Crippen LogP contribution in [0.15, 0.2) is 36.4 Å². The van der Waals surface area contributed by atoms with Crippen LogP contribution in [0.25, 0.3) is 10.9 Å². The predicted molar refractivity (Wildman–Crippen MR) is 151 cm³/mol. The number of hydrogen-bond donors (Lipinski definition) is 1. The van der Waals surface area contributed by atoms with Crippen LogP contribution < -0.4 is 10.1 Å². The highest BCUT2D eigenvalue weighted by Gasteiger charge is 2.32. The van der Waals surface area contributed by atoms with Gasteiger partial charge < -0.3 is 24.4 Å². The van der Waals surface area contributed by atoms with Gasteiger partial charge in [-0.25, -0.2) is 14.8 Å². The van der Waals surface area contributed by atoms with Gasteiger partial charge in [0, 0.05) is 50.2 Å². The number of ether oxygens (including phenoxy) is 3. The maximum atomic E-state index is 14.6. The molecule has 1 fully saturated rings. The second-order valence-electron chi connectivity index (χ2n) is 10.1. The van der Waals surface area contributed by atoms with E-state index in [2.05, 4.69) is 15.3 Å². The molecular weight excluding hydrogens is 534 g/mol. The largest absolute Gasteiger partial charge is 0.496 e. The lowest BCUT2D eigenvalue weighted by molar-refractivity contribution is -0.129. The van der Waals surface area contributed by atoms with E-state index in [1.165, 1.54) is 19.2 Å². The van der Waals surface area contributed by atoms with Gasteiger partial charge in [-0.05, 0) is 55.9 Å². The normalized spacial score (nSPS) is 15.0. The van der Waals surface area contributed by atoms with E-state index in [1.54, 1.807) is 39.2 Å². The number of rotatable bonds is 10. The van der Waals surface area contributed by atoms with Crippen molar-refractivity contribution in [1.29, 1.82) is 0 Å². The molecule has 0 radical (unpaired) electrons. The summed E-state index contributed by atoms with van der Waals surface area (Å²) < 4.78 is 44.7. The predicted octanol–water partition coefficient (Wildman–Crippen LogP) is 5.45. The first kappa shape index (κ1) is 30.1. The van der Waals surface area contributed by atoms with Crippen LogP contribution in [-0.2, 0) is 20.2 Å². The van der Waals surface area contributed by atoms with Gasteiger partial charge in [0.05, 0.1) is 19.2 Å². The molecule has 1 N–H and O–H groups in total. The lowest BCUT2D eigenvalue weighted by Crippen LogP contribution is -2.36. The van der Waals surface area contributed by atoms with Crippen molar-refractivity contribution in [2.75, 3.05) is 45.8 Å². The Morgan fingerprint density at radius 1 is 1.15 bits per heavy atom. The zero-order chi connectivity index (χ0) is 29.7. The number of anilines is 1. The molecular formula is C30H36F2N4O5. The number of amides is 1. The summed E-state index contributed by atoms with van der Waals surface area (Å²) >= 11 is 0. The number of fused-ring (bicyclic) bond motifs is 1. The molecule has 1 atom stereocenters. The number of aromatic nitrogens is 2. The maximum Gasteiger partial charge on any atom is 0.376 e. The van der Waals surface area contributed by atoms with Crippen LogP contribution in [0.1, 0.15) is 72.9 Å². The van der Waals surface area contributed by atoms with Gasteiger partial charge in [0.1, 0.15) is 18.2 Å². The zero-order valence-electron chi connectivity index (χ0n) is 24.0. The fraction of sp³-hybridized carbons (Fsp3) is 0.467. The maximum absolute atomic E-state index is 14.6. The molecule has 1 aromatic heterocycles. The van der Waals surface area contributed by atoms with Crippen LogP contribution in [0.3, 0.4) is 0 Å². The topological polar surface area (TPSA) is 103 Å². The average Bonchev–Trinajstić information content (AvgIpc) is 2.96. The number of carbonyl (C=O) groups is 2. The Morgan fingerprint density at radius 3 is 2.51 bits per heavy atom. The van der Waals surface area contributed by atoms with Crippen molar-refractivity contribution in [3.63, 3.8) is 0 Å². The molecule has 0 spiro atoms. The van der Waals surface area contributed by atoms with Crippen LogP contribution in [-0.4, -0.2) is 67.3 Å². The number of nitrogens with zero attached hydrogens (tertiary/aromatic N) is 3. The van der Waals surface area contributed by atoms with E-state index in [4.69, 9.17) is 14.2 Å². The molecule has 220 valence electrons. The molecule has 1 aliphatic rings. The minimum absolute atomic E-state index is 0.0540. The highest BCUT2D eigenvalue weighted by atomic mass is 19.3. The van der Waals surface area contributed by atoms with Crippen molar-refractivity contribution in [3.05, 3.63) is 58.9 Å². The molecule has 1 amide bonds. The van der Waals surface area contributed by atoms with E-state index < -0.39 is 24.5 Å². The molecule has 0 bridgehead atoms. The summed E-state index contributed by atoms with van der Waals surface area (Å²) in [4.78, 5) is 35.3. The molecule has 11 heteroatoms. The number of esters is 1. The number of halogens is 2. The molecule has 2 aromatic carbocycles. The van der Waals surface area contributed by atoms with Gasteiger partial charge in [-0.2, -0.15) is 8.78 Å². The number of benzene rings is 2. The van der Waals surface area contributed by atoms with Gasteiger partial charge >= 0.3 is 5.97 Å². The van der Waals surface area contributed by atoms with Crippen LogP contribution in [0.2, 0.25) is 0 Å². The van der Waals surface area contributed by atoms with E-state index in [0.29, 0.717) is 41.1 Å². The SMILES string of the molecule is CCOC(=O)c1nc(N[C@H](C)c2cccc(C(F)(F)COC)c2)c2cc(C3CCN(C(C)=O)CC3)c(OC)cc2n1. The van der Waals surface area contributed by atoms with E-state index in [0.717, 1.165) is 18.4 Å². The fourth-order valence-corrected chi connectivity index (χ4v) is 5.16. The molecule has 0 aliphatic carbocycles. The Kier molecular flexibility index (Phi) is 9.37.